The number of hydrogen-bond acceptors (Lipinski definition) is 2. The molecule has 0 spiro atoms. The molecule has 116 valence electrons. The molecule has 1 aromatic rings. The fourth-order valence-electron chi connectivity index (χ4n) is 2.03. The van der Waals surface area contributed by atoms with Crippen molar-refractivity contribution in [1.82, 2.24) is 0 Å². The van der Waals surface area contributed by atoms with Crippen LogP contribution in [0.3, 0.4) is 0 Å². The molecule has 0 aromatic heterocycles. The maximum atomic E-state index is 13.1. The molecule has 1 rings (SSSR count). The van der Waals surface area contributed by atoms with Crippen LogP contribution in [0, 0.1) is 13.8 Å². The molecular weight excluding hydrogens is 279 g/mol. The lowest BCUT2D eigenvalue weighted by atomic mass is 10.1. The predicted octanol–water partition coefficient (Wildman–Crippen LogP) is 5.09. The number of hydrogen-bond donors (Lipinski definition) is 0. The van der Waals surface area contributed by atoms with E-state index in [1.165, 1.54) is 0 Å². The summed E-state index contributed by atoms with van der Waals surface area (Å²) in [5.74, 6) is -0.932. The number of benzene rings is 1. The Hall–Kier alpha value is -1.65. The van der Waals surface area contributed by atoms with Gasteiger partial charge in [-0.05, 0) is 31.4 Å². The van der Waals surface area contributed by atoms with Gasteiger partial charge in [0.2, 0.25) is 0 Å². The van der Waals surface area contributed by atoms with Gasteiger partial charge in [-0.3, -0.25) is 4.79 Å². The first-order valence-electron chi connectivity index (χ1n) is 7.02. The monoisotopic (exact) mass is 299 g/mol. The number of Topliss-reactive ketones (excluding diaryl/α,β-unsaturated/α-hetero) is 1. The number of aliphatic imine (C=N–C) groups is 1. The lowest BCUT2D eigenvalue weighted by Gasteiger charge is -2.12. The second kappa shape index (κ2) is 7.38. The predicted molar refractivity (Wildman–Crippen MR) is 78.2 cm³/mol. The minimum absolute atomic E-state index is 0.114. The highest BCUT2D eigenvalue weighted by molar-refractivity contribution is 6.42. The van der Waals surface area contributed by atoms with Crippen LogP contribution in [-0.2, 0) is 4.79 Å². The molecule has 0 saturated heterocycles. The van der Waals surface area contributed by atoms with Crippen molar-refractivity contribution in [2.75, 3.05) is 0 Å². The highest BCUT2D eigenvalue weighted by Crippen LogP contribution is 2.28. The van der Waals surface area contributed by atoms with E-state index in [9.17, 15) is 18.0 Å². The summed E-state index contributed by atoms with van der Waals surface area (Å²) < 4.78 is 39.2. The minimum atomic E-state index is -4.72. The van der Waals surface area contributed by atoms with Crippen LogP contribution in [0.2, 0.25) is 0 Å². The van der Waals surface area contributed by atoms with Crippen LogP contribution in [0.25, 0.3) is 0 Å². The summed E-state index contributed by atoms with van der Waals surface area (Å²) in [6.45, 7) is 5.29. The van der Waals surface area contributed by atoms with Crippen LogP contribution >= 0.6 is 0 Å². The van der Waals surface area contributed by atoms with Gasteiger partial charge in [0, 0.05) is 6.42 Å². The van der Waals surface area contributed by atoms with Crippen LogP contribution in [0.4, 0.5) is 18.9 Å². The molecule has 2 nitrogen and oxygen atoms in total. The molecule has 5 heteroatoms. The molecule has 0 saturated carbocycles. The lowest BCUT2D eigenvalue weighted by Crippen LogP contribution is -2.31. The molecule has 0 aliphatic heterocycles. The summed E-state index contributed by atoms with van der Waals surface area (Å²) in [6.07, 6.45) is -2.80. The van der Waals surface area contributed by atoms with Gasteiger partial charge < -0.3 is 0 Å². The van der Waals surface area contributed by atoms with E-state index in [1.807, 2.05) is 6.92 Å². The highest BCUT2D eigenvalue weighted by Gasteiger charge is 2.40. The number of carbonyl (C=O) groups is 1. The van der Waals surface area contributed by atoms with Gasteiger partial charge in [0.1, 0.15) is 0 Å². The third-order valence-electron chi connectivity index (χ3n) is 3.20. The fraction of sp³-hybridized carbons (Fsp3) is 0.500. The Morgan fingerprint density at radius 3 is 2.19 bits per heavy atom. The first-order valence-corrected chi connectivity index (χ1v) is 7.02. The van der Waals surface area contributed by atoms with E-state index in [2.05, 4.69) is 4.99 Å². The summed E-state index contributed by atoms with van der Waals surface area (Å²) in [5.41, 5.74) is 0.181. The van der Waals surface area contributed by atoms with E-state index in [4.69, 9.17) is 0 Å². The van der Waals surface area contributed by atoms with E-state index in [1.54, 1.807) is 32.0 Å². The zero-order valence-corrected chi connectivity index (χ0v) is 12.5. The van der Waals surface area contributed by atoms with Crippen LogP contribution in [-0.4, -0.2) is 17.7 Å². The number of halogens is 3. The normalized spacial score (nSPS) is 12.6. The summed E-state index contributed by atoms with van der Waals surface area (Å²) in [5, 5.41) is 0. The first kappa shape index (κ1) is 17.4. The summed E-state index contributed by atoms with van der Waals surface area (Å²) in [7, 11) is 0. The molecule has 0 heterocycles. The topological polar surface area (TPSA) is 29.4 Å². The van der Waals surface area contributed by atoms with Crippen LogP contribution in [0.5, 0.6) is 0 Å². The number of nitrogens with zero attached hydrogens (tertiary/aromatic N) is 1. The quantitative estimate of drug-likeness (QED) is 0.531. The summed E-state index contributed by atoms with van der Waals surface area (Å²) >= 11 is 0. The average Bonchev–Trinajstić information content (AvgIpc) is 2.37. The number of aryl methyl sites for hydroxylation is 2. The Balaban J connectivity index is 3.14. The lowest BCUT2D eigenvalue weighted by molar-refractivity contribution is -0.117. The van der Waals surface area contributed by atoms with E-state index >= 15 is 0 Å². The second-order valence-electron chi connectivity index (χ2n) is 5.08. The first-order chi connectivity index (χ1) is 9.77. The average molecular weight is 299 g/mol. The van der Waals surface area contributed by atoms with Crippen molar-refractivity contribution in [2.24, 2.45) is 4.99 Å². The molecule has 0 aliphatic carbocycles. The maximum absolute atomic E-state index is 13.1. The number of carbonyl (C=O) groups excluding carboxylic acids is 1. The van der Waals surface area contributed by atoms with E-state index in [-0.39, 0.29) is 12.1 Å². The number of alkyl halides is 3. The number of unbranched alkanes of at least 4 members (excludes halogenated alkanes) is 2. The smallest absolute Gasteiger partial charge is 0.292 e. The van der Waals surface area contributed by atoms with E-state index in [0.29, 0.717) is 17.5 Å². The van der Waals surface area contributed by atoms with Crippen molar-refractivity contribution in [2.45, 2.75) is 52.6 Å². The Labute approximate surface area is 123 Å². The van der Waals surface area contributed by atoms with Crippen molar-refractivity contribution in [3.05, 3.63) is 29.3 Å². The SMILES string of the molecule is CCCCCC(=O)C(=Nc1c(C)cccc1C)C(F)(F)F. The zero-order valence-electron chi connectivity index (χ0n) is 12.5. The summed E-state index contributed by atoms with van der Waals surface area (Å²) in [4.78, 5) is 15.5. The number of ketones is 1. The Bertz CT molecular complexity index is 513. The molecule has 0 N–H and O–H groups in total. The standard InChI is InChI=1S/C16H20F3NO/c1-4-5-6-10-13(21)15(16(17,18)19)20-14-11(2)8-7-9-12(14)3/h7-9H,4-6,10H2,1-3H3. The number of rotatable bonds is 6. The second-order valence-corrected chi connectivity index (χ2v) is 5.08. The highest BCUT2D eigenvalue weighted by atomic mass is 19.4. The Morgan fingerprint density at radius 1 is 1.14 bits per heavy atom. The van der Waals surface area contributed by atoms with Gasteiger partial charge in [-0.2, -0.15) is 13.2 Å². The molecule has 0 amide bonds. The van der Waals surface area contributed by atoms with Gasteiger partial charge in [0.25, 0.3) is 0 Å². The van der Waals surface area contributed by atoms with Crippen LogP contribution < -0.4 is 0 Å². The molecule has 0 unspecified atom stereocenters. The maximum Gasteiger partial charge on any atom is 0.436 e. The van der Waals surface area contributed by atoms with Crippen LogP contribution in [0.15, 0.2) is 23.2 Å². The van der Waals surface area contributed by atoms with Gasteiger partial charge in [-0.25, -0.2) is 4.99 Å². The van der Waals surface area contributed by atoms with Crippen molar-refractivity contribution in [1.29, 1.82) is 0 Å². The minimum Gasteiger partial charge on any atom is -0.292 e. The molecular formula is C16H20F3NO. The Morgan fingerprint density at radius 2 is 1.71 bits per heavy atom. The molecule has 0 radical (unpaired) electrons. The molecule has 1 aromatic carbocycles. The third kappa shape index (κ3) is 4.99. The molecule has 0 atom stereocenters. The van der Waals surface area contributed by atoms with Gasteiger partial charge in [0.05, 0.1) is 5.69 Å². The van der Waals surface area contributed by atoms with Crippen molar-refractivity contribution in [3.8, 4) is 0 Å². The molecule has 0 fully saturated rings. The molecule has 21 heavy (non-hydrogen) atoms. The van der Waals surface area contributed by atoms with Gasteiger partial charge in [0.15, 0.2) is 11.5 Å². The van der Waals surface area contributed by atoms with Gasteiger partial charge in [-0.15, -0.1) is 0 Å². The van der Waals surface area contributed by atoms with Crippen molar-refractivity contribution in [3.63, 3.8) is 0 Å². The van der Waals surface area contributed by atoms with Gasteiger partial charge >= 0.3 is 6.18 Å². The molecule has 0 bridgehead atoms. The van der Waals surface area contributed by atoms with E-state index < -0.39 is 17.7 Å². The van der Waals surface area contributed by atoms with Crippen LogP contribution in [0.1, 0.15) is 43.7 Å². The van der Waals surface area contributed by atoms with Crippen molar-refractivity contribution >= 4 is 17.2 Å². The largest absolute Gasteiger partial charge is 0.436 e. The zero-order chi connectivity index (χ0) is 16.0. The van der Waals surface area contributed by atoms with Crippen molar-refractivity contribution < 1.29 is 18.0 Å². The van der Waals surface area contributed by atoms with E-state index in [0.717, 1.165) is 12.8 Å². The molecule has 0 aliphatic rings. The van der Waals surface area contributed by atoms with Gasteiger partial charge in [-0.1, -0.05) is 38.0 Å². The Kier molecular flexibility index (Phi) is 6.12. The fourth-order valence-corrected chi connectivity index (χ4v) is 2.03. The summed E-state index contributed by atoms with van der Waals surface area (Å²) in [6, 6.07) is 5.11. The third-order valence-corrected chi connectivity index (χ3v) is 3.20. The number of para-hydroxylation sites is 1.